The highest BCUT2D eigenvalue weighted by Gasteiger charge is 2.23. The Morgan fingerprint density at radius 3 is 1.09 bits per heavy atom. The first-order valence-electron chi connectivity index (χ1n) is 34.9. The second kappa shape index (κ2) is 63.2. The Morgan fingerprint density at radius 2 is 0.744 bits per heavy atom. The van der Waals surface area contributed by atoms with Crippen LogP contribution < -0.4 is 10.2 Å². The normalized spacial score (nSPS) is 14.2. The van der Waals surface area contributed by atoms with Gasteiger partial charge in [0.15, 0.2) is 0 Å². The summed E-state index contributed by atoms with van der Waals surface area (Å²) >= 11 is 0. The standard InChI is InChI=1S/C73H135N2O6P/c1-6-8-10-12-14-16-18-20-22-24-26-28-29-30-31-32-33-34-35-36-37-38-39-40-41-42-43-44-45-47-49-51-53-55-57-59-61-63-65-67-73(77)74-71(70-81-82(78,79)80-69-68-75(3,4)5)72(76)66-64-62-60-58-56-54-52-50-48-46-27-25-23-21-19-17-15-13-11-9-7-2/h8,10,14,16,20,22,26,28,30-31,33-34,64,66,71-72,76H,6-7,9,11-13,15,17-19,21,23-25,27,29,32,35-63,65,67-70H2,1-5H3,(H-,74,77,78,79)/b10-8-,16-14-,22-20-,28-26-,31-30-,34-33-,66-64+. The molecule has 0 saturated carbocycles. The maximum atomic E-state index is 13.0. The van der Waals surface area contributed by atoms with Crippen molar-refractivity contribution in [2.75, 3.05) is 40.9 Å². The molecule has 8 nitrogen and oxygen atoms in total. The average Bonchev–Trinajstić information content (AvgIpc) is 3.46. The highest BCUT2D eigenvalue weighted by molar-refractivity contribution is 7.45. The summed E-state index contributed by atoms with van der Waals surface area (Å²) < 4.78 is 23.4. The van der Waals surface area contributed by atoms with E-state index in [1.54, 1.807) is 6.08 Å². The van der Waals surface area contributed by atoms with Crippen LogP contribution in [0.5, 0.6) is 0 Å². The Balaban J connectivity index is 3.99. The predicted molar refractivity (Wildman–Crippen MR) is 357 cm³/mol. The molecule has 0 spiro atoms. The molecule has 3 atom stereocenters. The summed E-state index contributed by atoms with van der Waals surface area (Å²) in [7, 11) is 1.27. The molecule has 82 heavy (non-hydrogen) atoms. The van der Waals surface area contributed by atoms with Gasteiger partial charge < -0.3 is 28.8 Å². The second-order valence-electron chi connectivity index (χ2n) is 24.9. The monoisotopic (exact) mass is 1170 g/mol. The number of hydrogen-bond acceptors (Lipinski definition) is 6. The Morgan fingerprint density at radius 1 is 0.439 bits per heavy atom. The number of allylic oxidation sites excluding steroid dienone is 13. The molecule has 0 saturated heterocycles. The number of rotatable bonds is 64. The van der Waals surface area contributed by atoms with E-state index in [1.807, 2.05) is 27.2 Å². The van der Waals surface area contributed by atoms with Crippen molar-refractivity contribution in [3.8, 4) is 0 Å². The van der Waals surface area contributed by atoms with Gasteiger partial charge in [0.1, 0.15) is 13.2 Å². The molecule has 0 aliphatic rings. The molecule has 3 unspecified atom stereocenters. The number of unbranched alkanes of at least 4 members (excludes halogenated alkanes) is 39. The molecule has 0 aromatic rings. The van der Waals surface area contributed by atoms with E-state index in [0.29, 0.717) is 17.4 Å². The Bertz CT molecular complexity index is 1610. The highest BCUT2D eigenvalue weighted by atomic mass is 31.2. The molecular weight excluding hydrogens is 1030 g/mol. The van der Waals surface area contributed by atoms with Crippen molar-refractivity contribution in [1.82, 2.24) is 5.32 Å². The van der Waals surface area contributed by atoms with E-state index >= 15 is 0 Å². The summed E-state index contributed by atoms with van der Waals surface area (Å²) in [5.41, 5.74) is 0. The van der Waals surface area contributed by atoms with Gasteiger partial charge in [0.25, 0.3) is 7.82 Å². The number of phosphoric ester groups is 1. The highest BCUT2D eigenvalue weighted by Crippen LogP contribution is 2.38. The number of carbonyl (C=O) groups is 1. The Kier molecular flexibility index (Phi) is 61.4. The molecule has 0 aromatic heterocycles. The second-order valence-corrected chi connectivity index (χ2v) is 26.3. The van der Waals surface area contributed by atoms with Crippen LogP contribution in [0.4, 0.5) is 0 Å². The van der Waals surface area contributed by atoms with Crippen molar-refractivity contribution in [2.24, 2.45) is 0 Å². The molecule has 0 aromatic carbocycles. The topological polar surface area (TPSA) is 108 Å². The van der Waals surface area contributed by atoms with Gasteiger partial charge in [-0.05, 0) is 70.6 Å². The van der Waals surface area contributed by atoms with Crippen molar-refractivity contribution in [3.63, 3.8) is 0 Å². The first-order valence-corrected chi connectivity index (χ1v) is 36.4. The van der Waals surface area contributed by atoms with Gasteiger partial charge in [-0.1, -0.05) is 330 Å². The third-order valence-electron chi connectivity index (χ3n) is 15.6. The molecule has 0 fully saturated rings. The van der Waals surface area contributed by atoms with Crippen LogP contribution in [0.15, 0.2) is 85.1 Å². The molecule has 0 heterocycles. The lowest BCUT2D eigenvalue weighted by atomic mass is 10.0. The van der Waals surface area contributed by atoms with E-state index < -0.39 is 20.0 Å². The van der Waals surface area contributed by atoms with Crippen LogP contribution in [0.2, 0.25) is 0 Å². The Labute approximate surface area is 509 Å². The SMILES string of the molecule is CC/C=C\C/C=C\C/C=C\C/C=C\C/C=C\C/C=C\CCCCCCCCCCCCCCCCCCCCCCC(=O)NC(COP(=O)([O-])OCC[N+](C)(C)C)C(O)/C=C/CCCCCCCCCCCCCCCCCCCCC. The Hall–Kier alpha value is -2.32. The molecule has 0 rings (SSSR count). The number of nitrogens with zero attached hydrogens (tertiary/aromatic N) is 1. The molecule has 478 valence electrons. The lowest BCUT2D eigenvalue weighted by molar-refractivity contribution is -0.870. The van der Waals surface area contributed by atoms with Crippen molar-refractivity contribution < 1.29 is 32.9 Å². The van der Waals surface area contributed by atoms with Gasteiger partial charge in [-0.2, -0.15) is 0 Å². The number of aliphatic hydroxyl groups excluding tert-OH is 1. The van der Waals surface area contributed by atoms with Crippen LogP contribution in [-0.4, -0.2) is 68.5 Å². The fraction of sp³-hybridized carbons (Fsp3) is 0.795. The van der Waals surface area contributed by atoms with Gasteiger partial charge in [-0.3, -0.25) is 9.36 Å². The molecule has 0 bridgehead atoms. The third-order valence-corrected chi connectivity index (χ3v) is 16.6. The van der Waals surface area contributed by atoms with Gasteiger partial charge in [0, 0.05) is 6.42 Å². The molecule has 2 N–H and O–H groups in total. The minimum atomic E-state index is -4.60. The molecule has 9 heteroatoms. The minimum absolute atomic E-state index is 0.00120. The number of aliphatic hydroxyl groups is 1. The smallest absolute Gasteiger partial charge is 0.268 e. The van der Waals surface area contributed by atoms with Crippen molar-refractivity contribution in [1.29, 1.82) is 0 Å². The average molecular weight is 1170 g/mol. The zero-order chi connectivity index (χ0) is 59.8. The summed E-state index contributed by atoms with van der Waals surface area (Å²) in [6.45, 7) is 4.57. The zero-order valence-corrected chi connectivity index (χ0v) is 55.6. The van der Waals surface area contributed by atoms with Crippen LogP contribution in [-0.2, 0) is 18.4 Å². The van der Waals surface area contributed by atoms with Crippen LogP contribution >= 0.6 is 7.82 Å². The zero-order valence-electron chi connectivity index (χ0n) is 54.7. The maximum absolute atomic E-state index is 13.0. The number of likely N-dealkylation sites (N-methyl/N-ethyl adjacent to an activating group) is 1. The maximum Gasteiger partial charge on any atom is 0.268 e. The number of quaternary nitrogens is 1. The van der Waals surface area contributed by atoms with Crippen molar-refractivity contribution in [2.45, 2.75) is 334 Å². The van der Waals surface area contributed by atoms with Crippen LogP contribution in [0.25, 0.3) is 0 Å². The van der Waals surface area contributed by atoms with E-state index in [2.05, 4.69) is 92.1 Å². The van der Waals surface area contributed by atoms with Crippen LogP contribution in [0.1, 0.15) is 322 Å². The first kappa shape index (κ1) is 79.7. The summed E-state index contributed by atoms with van der Waals surface area (Å²) in [6.07, 6.45) is 89.9. The lowest BCUT2D eigenvalue weighted by Crippen LogP contribution is -2.45. The van der Waals surface area contributed by atoms with E-state index in [4.69, 9.17) is 9.05 Å². The number of amides is 1. The van der Waals surface area contributed by atoms with Crippen LogP contribution in [0, 0.1) is 0 Å². The molecule has 0 radical (unpaired) electrons. The summed E-state index contributed by atoms with van der Waals surface area (Å²) in [5, 5.41) is 14.0. The van der Waals surface area contributed by atoms with Gasteiger partial charge in [0.05, 0.1) is 39.9 Å². The van der Waals surface area contributed by atoms with E-state index in [-0.39, 0.29) is 19.1 Å². The summed E-state index contributed by atoms with van der Waals surface area (Å²) in [6, 6.07) is -0.889. The van der Waals surface area contributed by atoms with Gasteiger partial charge >= 0.3 is 0 Å². The van der Waals surface area contributed by atoms with E-state index in [1.165, 1.54) is 225 Å². The van der Waals surface area contributed by atoms with Gasteiger partial charge in [-0.15, -0.1) is 0 Å². The quantitative estimate of drug-likeness (QED) is 0.0272. The number of hydrogen-bond donors (Lipinski definition) is 2. The van der Waals surface area contributed by atoms with E-state index in [9.17, 15) is 19.4 Å². The molecule has 0 aliphatic heterocycles. The predicted octanol–water partition coefficient (Wildman–Crippen LogP) is 21.7. The molecule has 0 aliphatic carbocycles. The van der Waals surface area contributed by atoms with Crippen molar-refractivity contribution >= 4 is 13.7 Å². The van der Waals surface area contributed by atoms with E-state index in [0.717, 1.165) is 77.0 Å². The fourth-order valence-corrected chi connectivity index (χ4v) is 10.9. The number of nitrogens with one attached hydrogen (secondary N) is 1. The largest absolute Gasteiger partial charge is 0.756 e. The van der Waals surface area contributed by atoms with Gasteiger partial charge in [0.2, 0.25) is 5.91 Å². The van der Waals surface area contributed by atoms with Crippen molar-refractivity contribution in [3.05, 3.63) is 85.1 Å². The third kappa shape index (κ3) is 65.2. The summed E-state index contributed by atoms with van der Waals surface area (Å²) in [4.78, 5) is 25.6. The van der Waals surface area contributed by atoms with Gasteiger partial charge in [-0.25, -0.2) is 0 Å². The number of carbonyl (C=O) groups excluding carboxylic acids is 1. The first-order chi connectivity index (χ1) is 40.0. The van der Waals surface area contributed by atoms with Crippen LogP contribution in [0.3, 0.4) is 0 Å². The molecule has 1 amide bonds. The molecular formula is C73H135N2O6P. The fourth-order valence-electron chi connectivity index (χ4n) is 10.2. The summed E-state index contributed by atoms with van der Waals surface area (Å²) in [5.74, 6) is -0.193. The minimum Gasteiger partial charge on any atom is -0.756 e. The lowest BCUT2D eigenvalue weighted by Gasteiger charge is -2.29. The number of phosphoric acid groups is 1.